The van der Waals surface area contributed by atoms with Crippen LogP contribution < -0.4 is 4.90 Å². The predicted octanol–water partition coefficient (Wildman–Crippen LogP) is 9.48. The molecule has 0 unspecified atom stereocenters. The third kappa shape index (κ3) is 3.59. The first-order valence-electron chi connectivity index (χ1n) is 12.2. The van der Waals surface area contributed by atoms with Crippen LogP contribution in [0.2, 0.25) is 0 Å². The van der Waals surface area contributed by atoms with Gasteiger partial charge < -0.3 is 9.32 Å². The number of rotatable bonds is 5. The van der Waals surface area contributed by atoms with Crippen molar-refractivity contribution in [2.45, 2.75) is 19.8 Å². The lowest BCUT2D eigenvalue weighted by Crippen LogP contribution is -2.15. The molecule has 1 aliphatic carbocycles. The van der Waals surface area contributed by atoms with Gasteiger partial charge in [-0.2, -0.15) is 0 Å². The molecule has 0 atom stereocenters. The summed E-state index contributed by atoms with van der Waals surface area (Å²) in [6.07, 6.45) is 14.8. The summed E-state index contributed by atoms with van der Waals surface area (Å²) in [4.78, 5) is 2.31. The van der Waals surface area contributed by atoms with Gasteiger partial charge in [-0.1, -0.05) is 73.3 Å². The molecule has 0 saturated carbocycles. The van der Waals surface area contributed by atoms with Crippen LogP contribution in [0.1, 0.15) is 24.5 Å². The first kappa shape index (κ1) is 21.2. The van der Waals surface area contributed by atoms with Crippen molar-refractivity contribution in [3.63, 3.8) is 0 Å². The first-order chi connectivity index (χ1) is 17.3. The number of aryl methyl sites for hydroxylation is 1. The maximum atomic E-state index is 6.29. The van der Waals surface area contributed by atoms with Crippen molar-refractivity contribution in [2.24, 2.45) is 0 Å². The van der Waals surface area contributed by atoms with Gasteiger partial charge in [-0.05, 0) is 78.8 Å². The highest BCUT2D eigenvalue weighted by molar-refractivity contribution is 6.11. The molecule has 0 N–H and O–H groups in total. The fraction of sp³-hybridized carbons (Fsp3) is 0.0909. The van der Waals surface area contributed by atoms with E-state index in [0.717, 1.165) is 46.5 Å². The van der Waals surface area contributed by atoms with E-state index in [2.05, 4.69) is 115 Å². The van der Waals surface area contributed by atoms with Crippen LogP contribution >= 0.6 is 0 Å². The third-order valence-electron chi connectivity index (χ3n) is 6.76. The van der Waals surface area contributed by atoms with Crippen molar-refractivity contribution in [1.82, 2.24) is 0 Å². The molecule has 1 aliphatic rings. The minimum atomic E-state index is 0.911. The smallest absolute Gasteiger partial charge is 0.136 e. The zero-order valence-electron chi connectivity index (χ0n) is 19.9. The summed E-state index contributed by atoms with van der Waals surface area (Å²) in [5.41, 5.74) is 7.79. The molecule has 0 spiro atoms. The first-order valence-corrected chi connectivity index (χ1v) is 12.2. The molecule has 0 radical (unpaired) electrons. The van der Waals surface area contributed by atoms with Gasteiger partial charge in [-0.15, -0.1) is 0 Å². The second-order valence-corrected chi connectivity index (χ2v) is 8.90. The Hall–Kier alpha value is -4.30. The zero-order chi connectivity index (χ0) is 23.8. The lowest BCUT2D eigenvalue weighted by atomic mass is 9.93. The Morgan fingerprint density at radius 1 is 0.943 bits per heavy atom. The Bertz CT molecular complexity index is 1670. The van der Waals surface area contributed by atoms with Crippen LogP contribution in [0.3, 0.4) is 0 Å². The molecule has 4 aromatic carbocycles. The van der Waals surface area contributed by atoms with Crippen LogP contribution in [0.25, 0.3) is 38.8 Å². The van der Waals surface area contributed by atoms with Crippen molar-refractivity contribution < 1.29 is 4.42 Å². The van der Waals surface area contributed by atoms with E-state index >= 15 is 0 Å². The Kier molecular flexibility index (Phi) is 5.35. The van der Waals surface area contributed by atoms with Crippen LogP contribution in [0, 0.1) is 0 Å². The normalized spacial score (nSPS) is 13.7. The fourth-order valence-corrected chi connectivity index (χ4v) is 5.24. The molecular formula is C33H27NO. The SMILES string of the molecule is C=C/C=C(\C=C/C)N(c1ccc2oc3ccc4c(c3c2c1)C=CCC4)c1cccc2ccccc12. The van der Waals surface area contributed by atoms with Crippen molar-refractivity contribution in [3.05, 3.63) is 127 Å². The lowest BCUT2D eigenvalue weighted by Gasteiger charge is -2.27. The lowest BCUT2D eigenvalue weighted by molar-refractivity contribution is 0.668. The van der Waals surface area contributed by atoms with Gasteiger partial charge in [0.1, 0.15) is 11.2 Å². The van der Waals surface area contributed by atoms with E-state index in [1.807, 2.05) is 13.0 Å². The van der Waals surface area contributed by atoms with Crippen LogP contribution in [0.5, 0.6) is 0 Å². The number of allylic oxidation sites excluding steroid dienone is 5. The van der Waals surface area contributed by atoms with E-state index in [1.54, 1.807) is 0 Å². The Labute approximate surface area is 205 Å². The summed E-state index contributed by atoms with van der Waals surface area (Å²) in [6, 6.07) is 25.9. The summed E-state index contributed by atoms with van der Waals surface area (Å²) < 4.78 is 6.29. The number of benzene rings is 4. The van der Waals surface area contributed by atoms with Gasteiger partial charge in [0.15, 0.2) is 0 Å². The molecular weight excluding hydrogens is 426 g/mol. The van der Waals surface area contributed by atoms with E-state index in [-0.39, 0.29) is 0 Å². The van der Waals surface area contributed by atoms with Gasteiger partial charge in [0.25, 0.3) is 0 Å². The fourth-order valence-electron chi connectivity index (χ4n) is 5.24. The molecule has 170 valence electrons. The summed E-state index contributed by atoms with van der Waals surface area (Å²) >= 11 is 0. The number of anilines is 2. The van der Waals surface area contributed by atoms with E-state index in [9.17, 15) is 0 Å². The van der Waals surface area contributed by atoms with Crippen molar-refractivity contribution >= 4 is 50.2 Å². The quantitative estimate of drug-likeness (QED) is 0.246. The highest BCUT2D eigenvalue weighted by atomic mass is 16.3. The molecule has 35 heavy (non-hydrogen) atoms. The van der Waals surface area contributed by atoms with E-state index in [1.165, 1.54) is 27.3 Å². The van der Waals surface area contributed by atoms with Gasteiger partial charge in [-0.3, -0.25) is 0 Å². The number of furan rings is 1. The number of nitrogens with zero attached hydrogens (tertiary/aromatic N) is 1. The molecule has 0 bridgehead atoms. The Balaban J connectivity index is 1.65. The second-order valence-electron chi connectivity index (χ2n) is 8.90. The standard InChI is InChI=1S/C33H27NO/c1-3-10-25(11-4-2)34(30-17-9-14-23-12-5-7-15-27(23)30)26-19-21-31-29(22-26)33-28-16-8-6-13-24(28)18-20-32(33)35-31/h3-5,7-12,14-22H,1,6,13H2,2H3/b11-4-,25-10+. The van der Waals surface area contributed by atoms with E-state index < -0.39 is 0 Å². The summed E-state index contributed by atoms with van der Waals surface area (Å²) in [7, 11) is 0. The van der Waals surface area contributed by atoms with Crippen LogP contribution in [-0.2, 0) is 6.42 Å². The molecule has 1 aromatic heterocycles. The molecule has 0 fully saturated rings. The third-order valence-corrected chi connectivity index (χ3v) is 6.76. The Morgan fingerprint density at radius 3 is 2.69 bits per heavy atom. The van der Waals surface area contributed by atoms with Gasteiger partial charge in [0, 0.05) is 27.5 Å². The van der Waals surface area contributed by atoms with Crippen molar-refractivity contribution in [1.29, 1.82) is 0 Å². The van der Waals surface area contributed by atoms with Gasteiger partial charge in [0.2, 0.25) is 0 Å². The van der Waals surface area contributed by atoms with Gasteiger partial charge in [-0.25, -0.2) is 0 Å². The number of hydrogen-bond acceptors (Lipinski definition) is 2. The average Bonchev–Trinajstić information content (AvgIpc) is 3.28. The molecule has 5 aromatic rings. The Morgan fingerprint density at radius 2 is 1.80 bits per heavy atom. The maximum Gasteiger partial charge on any atom is 0.136 e. The molecule has 2 nitrogen and oxygen atoms in total. The number of fused-ring (bicyclic) bond motifs is 6. The molecule has 6 rings (SSSR count). The summed E-state index contributed by atoms with van der Waals surface area (Å²) in [5, 5.41) is 4.76. The van der Waals surface area contributed by atoms with Crippen LogP contribution in [0.15, 0.2) is 120 Å². The highest BCUT2D eigenvalue weighted by Gasteiger charge is 2.19. The van der Waals surface area contributed by atoms with Crippen LogP contribution in [0.4, 0.5) is 11.4 Å². The topological polar surface area (TPSA) is 16.4 Å². The van der Waals surface area contributed by atoms with Crippen LogP contribution in [-0.4, -0.2) is 0 Å². The summed E-state index contributed by atoms with van der Waals surface area (Å²) in [6.45, 7) is 6.03. The van der Waals surface area contributed by atoms with Gasteiger partial charge in [0.05, 0.1) is 5.69 Å². The van der Waals surface area contributed by atoms with Crippen molar-refractivity contribution in [3.8, 4) is 0 Å². The summed E-state index contributed by atoms with van der Waals surface area (Å²) in [5.74, 6) is 0. The largest absolute Gasteiger partial charge is 0.456 e. The maximum absolute atomic E-state index is 6.29. The molecule has 0 aliphatic heterocycles. The predicted molar refractivity (Wildman–Crippen MR) is 150 cm³/mol. The van der Waals surface area contributed by atoms with Crippen molar-refractivity contribution in [2.75, 3.05) is 4.90 Å². The number of hydrogen-bond donors (Lipinski definition) is 0. The molecule has 0 amide bonds. The minimum Gasteiger partial charge on any atom is -0.456 e. The second kappa shape index (κ2) is 8.81. The molecule has 1 heterocycles. The molecule has 2 heteroatoms. The zero-order valence-corrected chi connectivity index (χ0v) is 19.9. The molecule has 0 saturated heterocycles. The van der Waals surface area contributed by atoms with Gasteiger partial charge >= 0.3 is 0 Å². The highest BCUT2D eigenvalue weighted by Crippen LogP contribution is 2.41. The minimum absolute atomic E-state index is 0.911. The van der Waals surface area contributed by atoms with E-state index in [0.29, 0.717) is 0 Å². The monoisotopic (exact) mass is 453 g/mol. The van der Waals surface area contributed by atoms with E-state index in [4.69, 9.17) is 4.42 Å². The average molecular weight is 454 g/mol.